The van der Waals surface area contributed by atoms with E-state index in [2.05, 4.69) is 93.4 Å². The van der Waals surface area contributed by atoms with E-state index >= 15 is 0 Å². The molecule has 65 heavy (non-hydrogen) atoms. The molecule has 1 amide bonds. The molecule has 0 aromatic rings. The van der Waals surface area contributed by atoms with Gasteiger partial charge in [0.1, 0.15) is 19.3 Å². The molecule has 2 unspecified atom stereocenters. The van der Waals surface area contributed by atoms with Crippen molar-refractivity contribution in [3.05, 3.63) is 48.6 Å². The summed E-state index contributed by atoms with van der Waals surface area (Å²) >= 11 is 0. The Morgan fingerprint density at radius 3 is 1.40 bits per heavy atom. The quantitative estimate of drug-likeness (QED) is 0.0275. The number of nitrogens with one attached hydrogen (secondary N) is 1. The van der Waals surface area contributed by atoms with Crippen molar-refractivity contribution in [1.82, 2.24) is 10.2 Å². The van der Waals surface area contributed by atoms with Gasteiger partial charge in [0.25, 0.3) is 0 Å². The van der Waals surface area contributed by atoms with Crippen molar-refractivity contribution in [3.8, 4) is 0 Å². The zero-order valence-corrected chi connectivity index (χ0v) is 42.6. The molecule has 0 heterocycles. The van der Waals surface area contributed by atoms with Gasteiger partial charge in [0.05, 0.1) is 0 Å². The number of hydrogen-bond acceptors (Lipinski definition) is 9. The summed E-state index contributed by atoms with van der Waals surface area (Å²) in [5, 5.41) is 2.82. The fraction of sp³-hybridized carbons (Fsp3) is 0.782. The fourth-order valence-corrected chi connectivity index (χ4v) is 7.24. The first kappa shape index (κ1) is 61.6. The Hall–Kier alpha value is -3.40. The van der Waals surface area contributed by atoms with Crippen LogP contribution in [0.3, 0.4) is 0 Å². The molecule has 0 aliphatic heterocycles. The first-order valence-electron chi connectivity index (χ1n) is 26.4. The van der Waals surface area contributed by atoms with Crippen LogP contribution in [0.1, 0.15) is 221 Å². The molecule has 0 rings (SSSR count). The number of ether oxygens (including phenoxy) is 4. The predicted molar refractivity (Wildman–Crippen MR) is 270 cm³/mol. The van der Waals surface area contributed by atoms with Gasteiger partial charge >= 0.3 is 24.0 Å². The molecular formula is C55H98N2O8. The van der Waals surface area contributed by atoms with Crippen LogP contribution in [0.25, 0.3) is 0 Å². The number of alkyl carbamates (subject to hydrolysis) is 1. The summed E-state index contributed by atoms with van der Waals surface area (Å²) in [5.41, 5.74) is 0. The average Bonchev–Trinajstić information content (AvgIpc) is 3.30. The van der Waals surface area contributed by atoms with E-state index in [0.717, 1.165) is 109 Å². The molecule has 0 saturated carbocycles. The average molecular weight is 915 g/mol. The first-order chi connectivity index (χ1) is 31.7. The van der Waals surface area contributed by atoms with E-state index in [1.54, 1.807) is 0 Å². The third kappa shape index (κ3) is 43.0. The summed E-state index contributed by atoms with van der Waals surface area (Å²) in [4.78, 5) is 53.5. The summed E-state index contributed by atoms with van der Waals surface area (Å²) in [6.07, 6.45) is 43.7. The Bertz CT molecular complexity index is 1200. The normalized spacial score (nSPS) is 12.9. The number of esters is 3. The second-order valence-corrected chi connectivity index (χ2v) is 17.7. The highest BCUT2D eigenvalue weighted by Gasteiger charge is 2.23. The molecule has 1 N–H and O–H groups in total. The van der Waals surface area contributed by atoms with Crippen molar-refractivity contribution in [3.63, 3.8) is 0 Å². The lowest BCUT2D eigenvalue weighted by molar-refractivity contribution is -0.167. The van der Waals surface area contributed by atoms with E-state index in [1.807, 2.05) is 7.05 Å². The smallest absolute Gasteiger partial charge is 0.407 e. The molecule has 2 atom stereocenters. The number of rotatable bonds is 45. The molecule has 0 aliphatic carbocycles. The topological polar surface area (TPSA) is 120 Å². The van der Waals surface area contributed by atoms with Gasteiger partial charge in [-0.05, 0) is 109 Å². The number of amides is 1. The van der Waals surface area contributed by atoms with Crippen molar-refractivity contribution in [2.45, 2.75) is 233 Å². The molecular weight excluding hydrogens is 817 g/mol. The highest BCUT2D eigenvalue weighted by atomic mass is 16.6. The van der Waals surface area contributed by atoms with Gasteiger partial charge in [-0.1, -0.05) is 160 Å². The Labute approximate surface area is 398 Å². The van der Waals surface area contributed by atoms with Gasteiger partial charge in [0.2, 0.25) is 0 Å². The van der Waals surface area contributed by atoms with Crippen LogP contribution in [-0.4, -0.2) is 81.0 Å². The Morgan fingerprint density at radius 1 is 0.508 bits per heavy atom. The minimum absolute atomic E-state index is 0.00693. The van der Waals surface area contributed by atoms with Gasteiger partial charge < -0.3 is 29.2 Å². The van der Waals surface area contributed by atoms with Crippen LogP contribution < -0.4 is 5.32 Å². The SMILES string of the molecule is CCCCC/C=C\CC=CCCCCCCCC(=O)OCC(COC(=O)CCCCCCC/C=C\C/C=C\CCCCC)OC(=O)CCC(CC(CC)CC)OC(=O)NCCN(C)CC. The molecule has 0 fully saturated rings. The zero-order chi connectivity index (χ0) is 47.9. The first-order valence-corrected chi connectivity index (χ1v) is 26.4. The van der Waals surface area contributed by atoms with Crippen molar-refractivity contribution < 1.29 is 38.1 Å². The maximum absolute atomic E-state index is 13.2. The summed E-state index contributed by atoms with van der Waals surface area (Å²) in [5.74, 6) is -0.890. The molecule has 0 bridgehead atoms. The van der Waals surface area contributed by atoms with E-state index < -0.39 is 24.3 Å². The third-order valence-electron chi connectivity index (χ3n) is 11.8. The van der Waals surface area contributed by atoms with Gasteiger partial charge in [0, 0.05) is 32.4 Å². The second-order valence-electron chi connectivity index (χ2n) is 17.7. The second kappa shape index (κ2) is 47.1. The minimum atomic E-state index is -0.929. The van der Waals surface area contributed by atoms with Crippen molar-refractivity contribution in [2.24, 2.45) is 5.92 Å². The van der Waals surface area contributed by atoms with Crippen molar-refractivity contribution in [1.29, 1.82) is 0 Å². The van der Waals surface area contributed by atoms with Crippen molar-refractivity contribution in [2.75, 3.05) is 39.9 Å². The molecule has 0 radical (unpaired) electrons. The van der Waals surface area contributed by atoms with Crippen molar-refractivity contribution >= 4 is 24.0 Å². The summed E-state index contributed by atoms with van der Waals surface area (Å²) in [7, 11) is 1.99. The van der Waals surface area contributed by atoms with E-state index in [1.165, 1.54) is 51.4 Å². The Balaban J connectivity index is 4.95. The fourth-order valence-electron chi connectivity index (χ4n) is 7.24. The van der Waals surface area contributed by atoms with Crippen LogP contribution in [0.5, 0.6) is 0 Å². The van der Waals surface area contributed by atoms with Gasteiger partial charge in [-0.15, -0.1) is 0 Å². The summed E-state index contributed by atoms with van der Waals surface area (Å²) in [6.45, 7) is 12.4. The standard InChI is InChI=1S/C55H98N2O8/c1-7-12-14-16-18-20-22-24-26-28-30-32-34-36-38-40-52(58)62-47-51(48-63-53(59)41-39-37-35-33-31-29-27-25-23-21-19-17-15-13-8-2)64-54(60)43-42-50(46-49(9-3)10-4)65-55(61)56-44-45-57(6)11-5/h18-21,24-27,49-51H,7-17,22-23,28-48H2,1-6H3,(H,56,61)/b20-18-,21-19-,26-24-,27-25?. The lowest BCUT2D eigenvalue weighted by Gasteiger charge is -2.23. The highest BCUT2D eigenvalue weighted by molar-refractivity contribution is 5.71. The van der Waals surface area contributed by atoms with Crippen LogP contribution in [0, 0.1) is 5.92 Å². The highest BCUT2D eigenvalue weighted by Crippen LogP contribution is 2.21. The van der Waals surface area contributed by atoms with E-state index in [0.29, 0.717) is 31.8 Å². The largest absolute Gasteiger partial charge is 0.462 e. The molecule has 0 aromatic heterocycles. The number of hydrogen-bond donors (Lipinski definition) is 1. The van der Waals surface area contributed by atoms with Crippen LogP contribution in [0.2, 0.25) is 0 Å². The molecule has 10 nitrogen and oxygen atoms in total. The minimum Gasteiger partial charge on any atom is -0.462 e. The van der Waals surface area contributed by atoms with E-state index in [4.69, 9.17) is 18.9 Å². The maximum Gasteiger partial charge on any atom is 0.407 e. The summed E-state index contributed by atoms with van der Waals surface area (Å²) in [6, 6.07) is 0. The monoisotopic (exact) mass is 915 g/mol. The number of carbonyl (C=O) groups excluding carboxylic acids is 4. The number of nitrogens with zero attached hydrogens (tertiary/aromatic N) is 1. The zero-order valence-electron chi connectivity index (χ0n) is 42.6. The van der Waals surface area contributed by atoms with Crippen LogP contribution in [-0.2, 0) is 33.3 Å². The summed E-state index contributed by atoms with van der Waals surface area (Å²) < 4.78 is 22.7. The molecule has 0 aromatic carbocycles. The Kier molecular flexibility index (Phi) is 44.6. The number of likely N-dealkylation sites (N-methyl/N-ethyl adjacent to an activating group) is 1. The molecule has 0 aliphatic rings. The molecule has 10 heteroatoms. The van der Waals surface area contributed by atoms with E-state index in [-0.39, 0.29) is 44.4 Å². The van der Waals surface area contributed by atoms with Gasteiger partial charge in [-0.25, -0.2) is 4.79 Å². The lowest BCUT2D eigenvalue weighted by Crippen LogP contribution is -2.36. The maximum atomic E-state index is 13.2. The van der Waals surface area contributed by atoms with E-state index in [9.17, 15) is 19.2 Å². The predicted octanol–water partition coefficient (Wildman–Crippen LogP) is 14.3. The lowest BCUT2D eigenvalue weighted by atomic mass is 9.94. The van der Waals surface area contributed by atoms with Gasteiger partial charge in [-0.2, -0.15) is 0 Å². The molecule has 376 valence electrons. The third-order valence-corrected chi connectivity index (χ3v) is 11.8. The van der Waals surface area contributed by atoms with Gasteiger partial charge in [-0.3, -0.25) is 14.4 Å². The van der Waals surface area contributed by atoms with Crippen LogP contribution in [0.4, 0.5) is 4.79 Å². The van der Waals surface area contributed by atoms with Gasteiger partial charge in [0.15, 0.2) is 6.10 Å². The van der Waals surface area contributed by atoms with Crippen LogP contribution >= 0.6 is 0 Å². The number of allylic oxidation sites excluding steroid dienone is 8. The Morgan fingerprint density at radius 2 is 0.954 bits per heavy atom. The molecule has 0 spiro atoms. The number of carbonyl (C=O) groups is 4. The van der Waals surface area contributed by atoms with Crippen LogP contribution in [0.15, 0.2) is 48.6 Å². The molecule has 0 saturated heterocycles. The number of unbranched alkanes of at least 4 members (excludes halogenated alkanes) is 16.